The van der Waals surface area contributed by atoms with Crippen LogP contribution < -0.4 is 10.6 Å². The number of piperidine rings is 1. The number of nitrogens with zero attached hydrogens (tertiary/aromatic N) is 1. The molecule has 1 aliphatic rings. The Kier molecular flexibility index (Phi) is 6.83. The molecule has 0 bridgehead atoms. The van der Waals surface area contributed by atoms with E-state index in [0.717, 1.165) is 24.9 Å². The summed E-state index contributed by atoms with van der Waals surface area (Å²) in [5.41, 5.74) is 2.09. The van der Waals surface area contributed by atoms with E-state index in [1.54, 1.807) is 18.2 Å². The summed E-state index contributed by atoms with van der Waals surface area (Å²) in [6, 6.07) is 9.00. The molecule has 7 heteroatoms. The van der Waals surface area contributed by atoms with E-state index in [1.165, 1.54) is 6.26 Å². The summed E-state index contributed by atoms with van der Waals surface area (Å²) in [7, 11) is 1.92. The van der Waals surface area contributed by atoms with Crippen molar-refractivity contribution < 1.29 is 14.0 Å². The summed E-state index contributed by atoms with van der Waals surface area (Å²) < 4.78 is 5.11. The largest absolute Gasteiger partial charge is 0.459 e. The minimum Gasteiger partial charge on any atom is -0.459 e. The SMILES string of the molecule is CNC1CCCN(C(=O)c2ccc(C)c(NC(=O)c3ccco3)c2)C1.Cl. The number of halogens is 1. The molecule has 1 saturated heterocycles. The van der Waals surface area contributed by atoms with Crippen LogP contribution in [0.5, 0.6) is 0 Å². The van der Waals surface area contributed by atoms with Gasteiger partial charge in [-0.2, -0.15) is 0 Å². The van der Waals surface area contributed by atoms with Gasteiger partial charge in [0.2, 0.25) is 0 Å². The zero-order valence-corrected chi connectivity index (χ0v) is 15.8. The van der Waals surface area contributed by atoms with Crippen LogP contribution in [0.3, 0.4) is 0 Å². The number of rotatable bonds is 4. The maximum absolute atomic E-state index is 12.8. The van der Waals surface area contributed by atoms with Crippen molar-refractivity contribution in [1.29, 1.82) is 0 Å². The molecule has 0 spiro atoms. The van der Waals surface area contributed by atoms with Gasteiger partial charge in [-0.05, 0) is 56.6 Å². The van der Waals surface area contributed by atoms with Gasteiger partial charge in [-0.1, -0.05) is 6.07 Å². The zero-order valence-electron chi connectivity index (χ0n) is 15.0. The van der Waals surface area contributed by atoms with Crippen LogP contribution in [0.15, 0.2) is 41.0 Å². The van der Waals surface area contributed by atoms with Crippen molar-refractivity contribution in [3.63, 3.8) is 0 Å². The second-order valence-corrected chi connectivity index (χ2v) is 6.34. The maximum atomic E-state index is 12.8. The second kappa shape index (κ2) is 8.87. The molecule has 1 aromatic carbocycles. The Labute approximate surface area is 159 Å². The number of hydrogen-bond donors (Lipinski definition) is 2. The van der Waals surface area contributed by atoms with Crippen LogP contribution in [0.2, 0.25) is 0 Å². The van der Waals surface area contributed by atoms with Crippen molar-refractivity contribution in [3.8, 4) is 0 Å². The predicted octanol–water partition coefficient (Wildman–Crippen LogP) is 3.09. The third-order valence-electron chi connectivity index (χ3n) is 4.59. The molecule has 3 rings (SSSR count). The molecule has 140 valence electrons. The second-order valence-electron chi connectivity index (χ2n) is 6.34. The molecular weight excluding hydrogens is 354 g/mol. The minimum atomic E-state index is -0.328. The summed E-state index contributed by atoms with van der Waals surface area (Å²) in [4.78, 5) is 26.9. The highest BCUT2D eigenvalue weighted by Gasteiger charge is 2.24. The molecule has 1 fully saturated rings. The Morgan fingerprint density at radius 3 is 2.77 bits per heavy atom. The summed E-state index contributed by atoms with van der Waals surface area (Å²) in [5.74, 6) is -0.0941. The number of anilines is 1. The summed E-state index contributed by atoms with van der Waals surface area (Å²) >= 11 is 0. The molecule has 26 heavy (non-hydrogen) atoms. The monoisotopic (exact) mass is 377 g/mol. The molecule has 2 N–H and O–H groups in total. The average Bonchev–Trinajstić information content (AvgIpc) is 3.18. The molecular formula is C19H24ClN3O3. The summed E-state index contributed by atoms with van der Waals surface area (Å²) in [6.45, 7) is 3.36. The van der Waals surface area contributed by atoms with E-state index < -0.39 is 0 Å². The Morgan fingerprint density at radius 1 is 1.27 bits per heavy atom. The Bertz CT molecular complexity index is 761. The fourth-order valence-corrected chi connectivity index (χ4v) is 3.06. The van der Waals surface area contributed by atoms with Crippen molar-refractivity contribution in [3.05, 3.63) is 53.5 Å². The number of carbonyl (C=O) groups excluding carboxylic acids is 2. The van der Waals surface area contributed by atoms with Gasteiger partial charge < -0.3 is 20.0 Å². The number of aryl methyl sites for hydroxylation is 1. The van der Waals surface area contributed by atoms with E-state index >= 15 is 0 Å². The smallest absolute Gasteiger partial charge is 0.291 e. The van der Waals surface area contributed by atoms with Crippen LogP contribution in [0.25, 0.3) is 0 Å². The Morgan fingerprint density at radius 2 is 2.08 bits per heavy atom. The van der Waals surface area contributed by atoms with Crippen LogP contribution in [0, 0.1) is 6.92 Å². The molecule has 2 aromatic rings. The number of nitrogens with one attached hydrogen (secondary N) is 2. The molecule has 2 heterocycles. The molecule has 0 saturated carbocycles. The van der Waals surface area contributed by atoms with Gasteiger partial charge in [-0.25, -0.2) is 0 Å². The minimum absolute atomic E-state index is 0. The zero-order chi connectivity index (χ0) is 17.8. The first-order chi connectivity index (χ1) is 12.1. The van der Waals surface area contributed by atoms with Crippen molar-refractivity contribution >= 4 is 29.9 Å². The lowest BCUT2D eigenvalue weighted by Gasteiger charge is -2.32. The number of likely N-dealkylation sites (tertiary alicyclic amines) is 1. The lowest BCUT2D eigenvalue weighted by molar-refractivity contribution is 0.0698. The Hall–Kier alpha value is -2.31. The van der Waals surface area contributed by atoms with Gasteiger partial charge in [-0.3, -0.25) is 9.59 Å². The third kappa shape index (κ3) is 4.45. The van der Waals surface area contributed by atoms with E-state index in [0.29, 0.717) is 23.8 Å². The van der Waals surface area contributed by atoms with Gasteiger partial charge >= 0.3 is 0 Å². The van der Waals surface area contributed by atoms with E-state index in [-0.39, 0.29) is 30.0 Å². The number of likely N-dealkylation sites (N-methyl/N-ethyl adjacent to an activating group) is 1. The fraction of sp³-hybridized carbons (Fsp3) is 0.368. The van der Waals surface area contributed by atoms with Crippen molar-refractivity contribution in [1.82, 2.24) is 10.2 Å². The van der Waals surface area contributed by atoms with Crippen LogP contribution >= 0.6 is 12.4 Å². The number of amides is 2. The van der Waals surface area contributed by atoms with Crippen LogP contribution in [-0.4, -0.2) is 42.9 Å². The quantitative estimate of drug-likeness (QED) is 0.858. The van der Waals surface area contributed by atoms with Gasteiger partial charge in [-0.15, -0.1) is 12.4 Å². The van der Waals surface area contributed by atoms with E-state index in [9.17, 15) is 9.59 Å². The third-order valence-corrected chi connectivity index (χ3v) is 4.59. The van der Waals surface area contributed by atoms with Crippen molar-refractivity contribution in [2.24, 2.45) is 0 Å². The average molecular weight is 378 g/mol. The van der Waals surface area contributed by atoms with Crippen molar-refractivity contribution in [2.75, 3.05) is 25.5 Å². The molecule has 1 atom stereocenters. The molecule has 1 aromatic heterocycles. The number of benzene rings is 1. The van der Waals surface area contributed by atoms with Gasteiger partial charge in [0.15, 0.2) is 5.76 Å². The van der Waals surface area contributed by atoms with E-state index in [2.05, 4.69) is 10.6 Å². The standard InChI is InChI=1S/C19H23N3O3.ClH/c1-13-7-8-14(19(24)22-9-3-5-15(12-22)20-2)11-16(13)21-18(23)17-6-4-10-25-17;/h4,6-8,10-11,15,20H,3,5,9,12H2,1-2H3,(H,21,23);1H. The molecule has 6 nitrogen and oxygen atoms in total. The molecule has 0 radical (unpaired) electrons. The van der Waals surface area contributed by atoms with Crippen LogP contribution in [0.4, 0.5) is 5.69 Å². The fourth-order valence-electron chi connectivity index (χ4n) is 3.06. The first-order valence-electron chi connectivity index (χ1n) is 8.50. The molecule has 1 aliphatic heterocycles. The van der Waals surface area contributed by atoms with Gasteiger partial charge in [0, 0.05) is 30.4 Å². The summed E-state index contributed by atoms with van der Waals surface area (Å²) in [5, 5.41) is 6.06. The topological polar surface area (TPSA) is 74.6 Å². The van der Waals surface area contributed by atoms with Gasteiger partial charge in [0.25, 0.3) is 11.8 Å². The molecule has 2 amide bonds. The lowest BCUT2D eigenvalue weighted by atomic mass is 10.0. The number of carbonyl (C=O) groups is 2. The maximum Gasteiger partial charge on any atom is 0.291 e. The van der Waals surface area contributed by atoms with Gasteiger partial charge in [0.1, 0.15) is 0 Å². The number of furan rings is 1. The highest BCUT2D eigenvalue weighted by Crippen LogP contribution is 2.21. The highest BCUT2D eigenvalue weighted by molar-refractivity contribution is 6.04. The highest BCUT2D eigenvalue weighted by atomic mass is 35.5. The van der Waals surface area contributed by atoms with Crippen molar-refractivity contribution in [2.45, 2.75) is 25.8 Å². The van der Waals surface area contributed by atoms with E-state index in [4.69, 9.17) is 4.42 Å². The first kappa shape index (κ1) is 20.0. The number of hydrogen-bond acceptors (Lipinski definition) is 4. The first-order valence-corrected chi connectivity index (χ1v) is 8.50. The Balaban J connectivity index is 0.00000243. The van der Waals surface area contributed by atoms with Crippen LogP contribution in [-0.2, 0) is 0 Å². The normalized spacial score (nSPS) is 16.7. The van der Waals surface area contributed by atoms with Gasteiger partial charge in [0.05, 0.1) is 6.26 Å². The lowest BCUT2D eigenvalue weighted by Crippen LogP contribution is -2.46. The molecule has 0 aliphatic carbocycles. The van der Waals surface area contributed by atoms with Crippen LogP contribution in [0.1, 0.15) is 39.3 Å². The predicted molar refractivity (Wildman–Crippen MR) is 103 cm³/mol. The molecule has 1 unspecified atom stereocenters. The summed E-state index contributed by atoms with van der Waals surface area (Å²) in [6.07, 6.45) is 3.53. The van der Waals surface area contributed by atoms with E-state index in [1.807, 2.05) is 31.0 Å².